The number of amides is 2. The average Bonchev–Trinajstić information content (AvgIpc) is 3.54. The summed E-state index contributed by atoms with van der Waals surface area (Å²) in [7, 11) is 1.67. The highest BCUT2D eigenvalue weighted by atomic mass is 16.5. The van der Waals surface area contributed by atoms with Gasteiger partial charge in [0, 0.05) is 25.6 Å². The Morgan fingerprint density at radius 1 is 1.10 bits per heavy atom. The van der Waals surface area contributed by atoms with Gasteiger partial charge in [-0.15, -0.1) is 0 Å². The first-order valence-corrected chi connectivity index (χ1v) is 11.1. The Morgan fingerprint density at radius 2 is 1.81 bits per heavy atom. The van der Waals surface area contributed by atoms with Crippen LogP contribution in [0.25, 0.3) is 0 Å². The predicted octanol–water partition coefficient (Wildman–Crippen LogP) is 3.09. The highest BCUT2D eigenvalue weighted by Gasteiger charge is 2.30. The summed E-state index contributed by atoms with van der Waals surface area (Å²) in [5.41, 5.74) is 1.20. The Labute approximate surface area is 183 Å². The molecule has 2 aromatic rings. The Hall–Kier alpha value is -2.80. The van der Waals surface area contributed by atoms with Crippen molar-refractivity contribution in [3.63, 3.8) is 0 Å². The Balaban J connectivity index is 1.32. The van der Waals surface area contributed by atoms with Gasteiger partial charge in [0.25, 0.3) is 5.91 Å². The number of carbonyl (C=O) groups is 2. The number of methoxy groups -OCH3 is 1. The second-order valence-electron chi connectivity index (χ2n) is 8.32. The Kier molecular flexibility index (Phi) is 6.92. The van der Waals surface area contributed by atoms with Gasteiger partial charge in [0.05, 0.1) is 19.4 Å². The molecule has 1 unspecified atom stereocenters. The zero-order valence-corrected chi connectivity index (χ0v) is 18.1. The number of benzene rings is 1. The summed E-state index contributed by atoms with van der Waals surface area (Å²) in [6, 6.07) is 11.7. The van der Waals surface area contributed by atoms with E-state index >= 15 is 0 Å². The van der Waals surface area contributed by atoms with Crippen LogP contribution in [-0.4, -0.2) is 61.4 Å². The van der Waals surface area contributed by atoms with E-state index in [1.807, 2.05) is 12.1 Å². The van der Waals surface area contributed by atoms with Crippen LogP contribution >= 0.6 is 0 Å². The minimum Gasteiger partial charge on any atom is -0.497 e. The highest BCUT2D eigenvalue weighted by molar-refractivity contribution is 5.91. The molecule has 1 aromatic heterocycles. The molecule has 166 valence electrons. The van der Waals surface area contributed by atoms with E-state index in [0.29, 0.717) is 38.2 Å². The monoisotopic (exact) mass is 425 g/mol. The van der Waals surface area contributed by atoms with Gasteiger partial charge >= 0.3 is 0 Å². The molecule has 0 radical (unpaired) electrons. The molecule has 1 aromatic carbocycles. The number of carbonyl (C=O) groups excluding carboxylic acids is 2. The van der Waals surface area contributed by atoms with Crippen molar-refractivity contribution in [1.82, 2.24) is 15.1 Å². The molecule has 2 amide bonds. The Bertz CT molecular complexity index is 851. The van der Waals surface area contributed by atoms with Gasteiger partial charge in [-0.3, -0.25) is 14.5 Å². The van der Waals surface area contributed by atoms with Gasteiger partial charge in [-0.25, -0.2) is 0 Å². The molecule has 0 aliphatic carbocycles. The molecule has 31 heavy (non-hydrogen) atoms. The van der Waals surface area contributed by atoms with Crippen molar-refractivity contribution in [3.8, 4) is 5.75 Å². The molecule has 1 N–H and O–H groups in total. The number of nitrogens with one attached hydrogen (secondary N) is 1. The van der Waals surface area contributed by atoms with Gasteiger partial charge in [0.15, 0.2) is 5.76 Å². The van der Waals surface area contributed by atoms with Crippen LogP contribution in [0.3, 0.4) is 0 Å². The van der Waals surface area contributed by atoms with Crippen molar-refractivity contribution in [3.05, 3.63) is 54.0 Å². The number of furan rings is 1. The Morgan fingerprint density at radius 3 is 2.42 bits per heavy atom. The number of rotatable bonds is 7. The largest absolute Gasteiger partial charge is 0.497 e. The van der Waals surface area contributed by atoms with Crippen molar-refractivity contribution >= 4 is 11.8 Å². The molecule has 2 saturated heterocycles. The van der Waals surface area contributed by atoms with Crippen molar-refractivity contribution in [2.45, 2.75) is 31.7 Å². The predicted molar refractivity (Wildman–Crippen MR) is 117 cm³/mol. The van der Waals surface area contributed by atoms with E-state index in [4.69, 9.17) is 9.15 Å². The lowest BCUT2D eigenvalue weighted by Gasteiger charge is -2.32. The van der Waals surface area contributed by atoms with E-state index in [-0.39, 0.29) is 23.8 Å². The second kappa shape index (κ2) is 10.0. The van der Waals surface area contributed by atoms with Gasteiger partial charge in [-0.05, 0) is 68.6 Å². The molecule has 0 bridgehead atoms. The molecule has 7 nitrogen and oxygen atoms in total. The van der Waals surface area contributed by atoms with Crippen LogP contribution in [0.4, 0.5) is 0 Å². The fraction of sp³-hybridized carbons (Fsp3) is 0.500. The van der Waals surface area contributed by atoms with Gasteiger partial charge in [0.1, 0.15) is 5.75 Å². The number of piperidine rings is 1. The van der Waals surface area contributed by atoms with Crippen molar-refractivity contribution < 1.29 is 18.7 Å². The summed E-state index contributed by atoms with van der Waals surface area (Å²) in [6.07, 6.45) is 5.25. The summed E-state index contributed by atoms with van der Waals surface area (Å²) >= 11 is 0. The van der Waals surface area contributed by atoms with Gasteiger partial charge in [0.2, 0.25) is 5.91 Å². The second-order valence-corrected chi connectivity index (χ2v) is 8.32. The third-order valence-electron chi connectivity index (χ3n) is 6.44. The van der Waals surface area contributed by atoms with Crippen LogP contribution in [0.2, 0.25) is 0 Å². The molecule has 2 aliphatic rings. The number of hydrogen-bond donors (Lipinski definition) is 1. The molecule has 3 heterocycles. The molecular formula is C24H31N3O4. The van der Waals surface area contributed by atoms with E-state index in [0.717, 1.165) is 18.8 Å². The van der Waals surface area contributed by atoms with Crippen LogP contribution in [0.1, 0.15) is 47.8 Å². The third kappa shape index (κ3) is 5.10. The zero-order chi connectivity index (χ0) is 21.6. The molecule has 4 rings (SSSR count). The number of nitrogens with zero attached hydrogens (tertiary/aromatic N) is 2. The number of hydrogen-bond acceptors (Lipinski definition) is 5. The van der Waals surface area contributed by atoms with Crippen molar-refractivity contribution in [1.29, 1.82) is 0 Å². The lowest BCUT2D eigenvalue weighted by atomic mass is 9.95. The van der Waals surface area contributed by atoms with E-state index in [9.17, 15) is 9.59 Å². The summed E-state index contributed by atoms with van der Waals surface area (Å²) in [5.74, 6) is 1.12. The summed E-state index contributed by atoms with van der Waals surface area (Å²) in [5, 5.41) is 3.19. The first kappa shape index (κ1) is 21.4. The van der Waals surface area contributed by atoms with E-state index in [1.165, 1.54) is 24.7 Å². The topological polar surface area (TPSA) is 75.0 Å². The van der Waals surface area contributed by atoms with Crippen LogP contribution in [0.15, 0.2) is 47.1 Å². The van der Waals surface area contributed by atoms with E-state index in [2.05, 4.69) is 22.3 Å². The quantitative estimate of drug-likeness (QED) is 0.738. The minimum atomic E-state index is -0.0996. The lowest BCUT2D eigenvalue weighted by molar-refractivity contribution is -0.126. The maximum Gasteiger partial charge on any atom is 0.289 e. The number of likely N-dealkylation sites (tertiary alicyclic amines) is 2. The van der Waals surface area contributed by atoms with Crippen LogP contribution in [0, 0.1) is 5.92 Å². The summed E-state index contributed by atoms with van der Waals surface area (Å²) in [6.45, 7) is 3.85. The first-order valence-electron chi connectivity index (χ1n) is 11.1. The molecule has 0 spiro atoms. The van der Waals surface area contributed by atoms with Crippen LogP contribution < -0.4 is 10.1 Å². The normalized spacial score (nSPS) is 18.7. The van der Waals surface area contributed by atoms with Gasteiger partial charge in [-0.2, -0.15) is 0 Å². The van der Waals surface area contributed by atoms with E-state index < -0.39 is 0 Å². The fourth-order valence-corrected chi connectivity index (χ4v) is 4.58. The summed E-state index contributed by atoms with van der Waals surface area (Å²) in [4.78, 5) is 29.5. The van der Waals surface area contributed by atoms with E-state index in [1.54, 1.807) is 24.1 Å². The maximum atomic E-state index is 12.9. The lowest BCUT2D eigenvalue weighted by Crippen LogP contribution is -2.44. The SMILES string of the molecule is COc1ccc(C(CNC(=O)C2CCN(C(=O)c3ccco3)CC2)N2CCCC2)cc1. The highest BCUT2D eigenvalue weighted by Crippen LogP contribution is 2.27. The van der Waals surface area contributed by atoms with Crippen molar-refractivity contribution in [2.75, 3.05) is 39.8 Å². The zero-order valence-electron chi connectivity index (χ0n) is 18.1. The van der Waals surface area contributed by atoms with Gasteiger partial charge < -0.3 is 19.4 Å². The average molecular weight is 426 g/mol. The smallest absolute Gasteiger partial charge is 0.289 e. The molecular weight excluding hydrogens is 394 g/mol. The summed E-state index contributed by atoms with van der Waals surface area (Å²) < 4.78 is 10.5. The minimum absolute atomic E-state index is 0.0595. The number of ether oxygens (including phenoxy) is 1. The molecule has 1 atom stereocenters. The van der Waals surface area contributed by atoms with Crippen LogP contribution in [0.5, 0.6) is 5.75 Å². The standard InChI is InChI=1S/C24H31N3O4/c1-30-20-8-6-18(7-9-20)21(26-12-2-3-13-26)17-25-23(28)19-10-14-27(15-11-19)24(29)22-5-4-16-31-22/h4-9,16,19,21H,2-3,10-15,17H2,1H3,(H,25,28). The third-order valence-corrected chi connectivity index (χ3v) is 6.44. The van der Waals surface area contributed by atoms with Crippen LogP contribution in [-0.2, 0) is 4.79 Å². The molecule has 2 aliphatic heterocycles. The van der Waals surface area contributed by atoms with Gasteiger partial charge in [-0.1, -0.05) is 12.1 Å². The molecule has 2 fully saturated rings. The van der Waals surface area contributed by atoms with Crippen molar-refractivity contribution in [2.24, 2.45) is 5.92 Å². The molecule has 0 saturated carbocycles. The molecule has 7 heteroatoms. The first-order chi connectivity index (χ1) is 15.2. The fourth-order valence-electron chi connectivity index (χ4n) is 4.58. The maximum absolute atomic E-state index is 12.9.